The van der Waals surface area contributed by atoms with Crippen LogP contribution >= 0.6 is 0 Å². The molecule has 0 bridgehead atoms. The van der Waals surface area contributed by atoms with Gasteiger partial charge in [0.15, 0.2) is 0 Å². The van der Waals surface area contributed by atoms with Gasteiger partial charge >= 0.3 is 0 Å². The first-order chi connectivity index (χ1) is 5.41. The van der Waals surface area contributed by atoms with Gasteiger partial charge in [-0.1, -0.05) is 11.8 Å². The van der Waals surface area contributed by atoms with Crippen molar-refractivity contribution < 1.29 is 0 Å². The Balaban J connectivity index is 4.08. The van der Waals surface area contributed by atoms with Crippen LogP contribution in [-0.2, 0) is 0 Å². The van der Waals surface area contributed by atoms with Crippen molar-refractivity contribution in [1.82, 2.24) is 0 Å². The second kappa shape index (κ2) is 7.76. The molecule has 0 rings (SSSR count). The minimum atomic E-state index is 1.48. The van der Waals surface area contributed by atoms with Crippen LogP contribution in [0.2, 0.25) is 0 Å². The lowest BCUT2D eigenvalue weighted by molar-refractivity contribution is 2.12. The minimum Gasteiger partial charge on any atom is -0.106 e. The van der Waals surface area contributed by atoms with Gasteiger partial charge in [-0.05, 0) is 23.7 Å². The molecule has 0 aromatic heterocycles. The predicted molar refractivity (Wildman–Crippen MR) is 45.9 cm³/mol. The van der Waals surface area contributed by atoms with Crippen molar-refractivity contribution in [1.29, 1.82) is 0 Å². The highest BCUT2D eigenvalue weighted by Gasteiger charge is 1.53. The molecule has 11 heavy (non-hydrogen) atoms. The van der Waals surface area contributed by atoms with Crippen LogP contribution in [0.25, 0.3) is 0 Å². The maximum absolute atomic E-state index is 4.85. The van der Waals surface area contributed by atoms with E-state index in [1.807, 2.05) is 0 Å². The van der Waals surface area contributed by atoms with Crippen molar-refractivity contribution in [2.75, 3.05) is 0 Å². The van der Waals surface area contributed by atoms with Crippen LogP contribution in [0.3, 0.4) is 0 Å². The summed E-state index contributed by atoms with van der Waals surface area (Å²) < 4.78 is 0. The van der Waals surface area contributed by atoms with Crippen molar-refractivity contribution >= 4 is 0 Å². The van der Waals surface area contributed by atoms with E-state index in [1.165, 1.54) is 12.2 Å². The fourth-order valence-corrected chi connectivity index (χ4v) is 0.281. The topological polar surface area (TPSA) is 0 Å². The molecule has 0 saturated carbocycles. The highest BCUT2D eigenvalue weighted by atomic mass is 13.6. The number of hydrogen-bond donors (Lipinski definition) is 0. The van der Waals surface area contributed by atoms with Crippen LogP contribution in [-0.4, -0.2) is 0 Å². The molecule has 0 aliphatic rings. The monoisotopic (exact) mass is 136 g/mol. The number of terminal acetylenes is 2. The minimum absolute atomic E-state index is 1.48. The lowest BCUT2D eigenvalue weighted by atomic mass is 10.5. The lowest BCUT2D eigenvalue weighted by Crippen LogP contribution is -1.47. The van der Waals surface area contributed by atoms with E-state index in [0.717, 1.165) is 0 Å². The van der Waals surface area contributed by atoms with Gasteiger partial charge in [0, 0.05) is 12.2 Å². The molecule has 0 heterocycles. The van der Waals surface area contributed by atoms with Gasteiger partial charge in [0.05, 0.1) is 0 Å². The van der Waals surface area contributed by atoms with Crippen molar-refractivity contribution in [2.45, 2.75) is 0 Å². The first kappa shape index (κ1) is 8.76. The zero-order valence-electron chi connectivity index (χ0n) is 5.81. The number of hydrogen-bond acceptors (Lipinski definition) is 0. The summed E-state index contributed by atoms with van der Waals surface area (Å²) in [5, 5.41) is 0. The first-order valence-corrected chi connectivity index (χ1v) is 2.73. The van der Waals surface area contributed by atoms with E-state index in [4.69, 9.17) is 12.8 Å². The summed E-state index contributed by atoms with van der Waals surface area (Å²) in [5.41, 5.74) is 2.67. The van der Waals surface area contributed by atoms with Gasteiger partial charge in [0.2, 0.25) is 0 Å². The molecule has 48 valence electrons. The average Bonchev–Trinajstić information content (AvgIpc) is 2.03. The van der Waals surface area contributed by atoms with Crippen molar-refractivity contribution in [3.05, 3.63) is 17.9 Å². The quantitative estimate of drug-likeness (QED) is 0.344. The van der Waals surface area contributed by atoms with Crippen LogP contribution in [0.4, 0.5) is 0 Å². The average molecular weight is 136 g/mol. The third-order valence-corrected chi connectivity index (χ3v) is 0.600. The van der Waals surface area contributed by atoms with Crippen molar-refractivity contribution in [3.8, 4) is 48.4 Å². The highest BCUT2D eigenvalue weighted by Crippen LogP contribution is 1.63. The summed E-state index contributed by atoms with van der Waals surface area (Å²) in [6.45, 7) is 0. The molecule has 0 nitrogen and oxygen atoms in total. The normalized spacial score (nSPS) is 4.18. The van der Waals surface area contributed by atoms with Crippen LogP contribution in [0.5, 0.6) is 0 Å². The van der Waals surface area contributed by atoms with Gasteiger partial charge in [-0.3, -0.25) is 0 Å². The Hall–Kier alpha value is -2.24. The molecule has 0 aliphatic heterocycles. The molecule has 0 radical (unpaired) electrons. The zero-order chi connectivity index (χ0) is 8.36. The molecule has 0 aliphatic carbocycles. The third kappa shape index (κ3) is 7.76. The Morgan fingerprint density at radius 1 is 0.818 bits per heavy atom. The molecule has 0 N–H and O–H groups in total. The van der Waals surface area contributed by atoms with E-state index in [9.17, 15) is 0 Å². The Morgan fingerprint density at radius 2 is 1.27 bits per heavy atom. The Bertz CT molecular complexity index is 330. The predicted octanol–water partition coefficient (Wildman–Crippen LogP) is 0.971. The van der Waals surface area contributed by atoms with Crippen molar-refractivity contribution in [2.24, 2.45) is 0 Å². The number of allylic oxidation sites excluding steroid dienone is 1. The van der Waals surface area contributed by atoms with Gasteiger partial charge in [0.1, 0.15) is 0 Å². The molecular formula is C11H4. The second-order valence-electron chi connectivity index (χ2n) is 1.28. The molecular weight excluding hydrogens is 132 g/mol. The second-order valence-corrected chi connectivity index (χ2v) is 1.28. The maximum Gasteiger partial charge on any atom is 0.0319 e. The first-order valence-electron chi connectivity index (χ1n) is 2.73. The van der Waals surface area contributed by atoms with Crippen LogP contribution < -0.4 is 0 Å². The van der Waals surface area contributed by atoms with Crippen LogP contribution in [0.15, 0.2) is 17.9 Å². The summed E-state index contributed by atoms with van der Waals surface area (Å²) in [7, 11) is 0. The lowest BCUT2D eigenvalue weighted by Gasteiger charge is -1.56. The molecule has 0 spiro atoms. The molecule has 0 atom stereocenters. The fraction of sp³-hybridized carbons (Fsp3) is 0. The largest absolute Gasteiger partial charge is 0.106 e. The van der Waals surface area contributed by atoms with Crippen molar-refractivity contribution in [3.63, 3.8) is 0 Å². The molecule has 0 aromatic carbocycles. The summed E-state index contributed by atoms with van der Waals surface area (Å²) >= 11 is 0. The fourth-order valence-electron chi connectivity index (χ4n) is 0.281. The zero-order valence-corrected chi connectivity index (χ0v) is 5.81. The maximum atomic E-state index is 4.85. The highest BCUT2D eigenvalue weighted by molar-refractivity contribution is 5.31. The molecule has 0 aromatic rings. The van der Waals surface area contributed by atoms with Gasteiger partial charge < -0.3 is 0 Å². The van der Waals surface area contributed by atoms with Gasteiger partial charge in [-0.2, -0.15) is 0 Å². The van der Waals surface area contributed by atoms with E-state index in [0.29, 0.717) is 0 Å². The molecule has 0 amide bonds. The Morgan fingerprint density at radius 3 is 1.64 bits per heavy atom. The Kier molecular flexibility index (Phi) is 6.18. The number of rotatable bonds is 0. The summed E-state index contributed by atoms with van der Waals surface area (Å²) in [4.78, 5) is 0. The molecule has 0 saturated heterocycles. The summed E-state index contributed by atoms with van der Waals surface area (Å²) in [5.74, 6) is 14.2. The summed E-state index contributed by atoms with van der Waals surface area (Å²) in [6.07, 6.45) is 12.7. The van der Waals surface area contributed by atoms with E-state index in [2.05, 4.69) is 41.3 Å². The third-order valence-electron chi connectivity index (χ3n) is 0.600. The van der Waals surface area contributed by atoms with Gasteiger partial charge in [0.25, 0.3) is 0 Å². The smallest absolute Gasteiger partial charge is 0.0319 e. The van der Waals surface area contributed by atoms with E-state index in [-0.39, 0.29) is 0 Å². The molecule has 0 heteroatoms. The summed E-state index contributed by atoms with van der Waals surface area (Å²) in [6, 6.07) is 0. The van der Waals surface area contributed by atoms with Gasteiger partial charge in [-0.15, -0.1) is 18.6 Å². The van der Waals surface area contributed by atoms with E-state index >= 15 is 0 Å². The molecule has 0 fully saturated rings. The standard InChI is InChI=1S/C11H4/c1-3-5-7-9-11-10-8-6-4-2/h1-2,9-10H. The van der Waals surface area contributed by atoms with E-state index in [1.54, 1.807) is 0 Å². The van der Waals surface area contributed by atoms with Crippen LogP contribution in [0, 0.1) is 48.4 Å². The Labute approximate surface area is 67.0 Å². The van der Waals surface area contributed by atoms with Crippen LogP contribution in [0.1, 0.15) is 0 Å². The van der Waals surface area contributed by atoms with Gasteiger partial charge in [-0.25, -0.2) is 0 Å². The van der Waals surface area contributed by atoms with E-state index < -0.39 is 0 Å². The SMILES string of the molecule is C#CC#CC=C=CC#CC#C. The molecule has 0 unspecified atom stereocenters.